The predicted molar refractivity (Wildman–Crippen MR) is 74.5 cm³/mol. The van der Waals surface area contributed by atoms with Crippen molar-refractivity contribution in [3.63, 3.8) is 0 Å². The van der Waals surface area contributed by atoms with Crippen LogP contribution in [0.4, 0.5) is 0 Å². The average Bonchev–Trinajstić information content (AvgIpc) is 1.52. The van der Waals surface area contributed by atoms with Crippen molar-refractivity contribution in [3.8, 4) is 0 Å². The monoisotopic (exact) mass is 252 g/mol. The van der Waals surface area contributed by atoms with E-state index in [-0.39, 0.29) is 0 Å². The number of rotatable bonds is 3. The van der Waals surface area contributed by atoms with Gasteiger partial charge in [0.05, 0.1) is 0 Å². The fourth-order valence-corrected chi connectivity index (χ4v) is 16.5. The average molecular weight is 253 g/mol. The quantitative estimate of drug-likeness (QED) is 0.585. The van der Waals surface area contributed by atoms with E-state index in [1.165, 1.54) is 36.4 Å². The third-order valence-corrected chi connectivity index (χ3v) is 22.4. The van der Waals surface area contributed by atoms with E-state index in [0.717, 1.165) is 0 Å². The molecule has 74 valence electrons. The van der Waals surface area contributed by atoms with Gasteiger partial charge in [0.15, 0.2) is 8.32 Å². The van der Waals surface area contributed by atoms with E-state index in [4.69, 9.17) is 0 Å². The standard InChI is InChI=1S/C6H24OSi5/c1-11(2,3)5-12(4,7)6(8,9)10/h7H,5H2,1-4,8-10H3. The van der Waals surface area contributed by atoms with Crippen LogP contribution in [0.25, 0.3) is 0 Å². The smallest absolute Gasteiger partial charge is 0.179 e. The Hall–Kier alpha value is 1.04. The topological polar surface area (TPSA) is 20.2 Å². The Balaban J connectivity index is 4.44. The Kier molecular flexibility index (Phi) is 3.97. The van der Waals surface area contributed by atoms with Gasteiger partial charge in [0.25, 0.3) is 0 Å². The second-order valence-electron chi connectivity index (χ2n) is 6.26. The summed E-state index contributed by atoms with van der Waals surface area (Å²) in [5.41, 5.74) is 1.22. The van der Waals surface area contributed by atoms with Gasteiger partial charge in [-0.15, -0.1) is 0 Å². The third kappa shape index (κ3) is 4.33. The molecule has 0 amide bonds. The van der Waals surface area contributed by atoms with Crippen molar-refractivity contribution in [2.75, 3.05) is 0 Å². The maximum atomic E-state index is 10.5. The van der Waals surface area contributed by atoms with Gasteiger partial charge in [0, 0.05) is 38.8 Å². The maximum absolute atomic E-state index is 10.5. The first-order valence-electron chi connectivity index (χ1n) is 4.68. The lowest BCUT2D eigenvalue weighted by Crippen LogP contribution is -2.51. The second kappa shape index (κ2) is 3.66. The Morgan fingerprint density at radius 1 is 1.08 bits per heavy atom. The van der Waals surface area contributed by atoms with Crippen LogP contribution in [0.2, 0.25) is 35.8 Å². The molecular weight excluding hydrogens is 228 g/mol. The first-order chi connectivity index (χ1) is 4.96. The zero-order chi connectivity index (χ0) is 10.2. The molecule has 0 aliphatic rings. The molecule has 0 rings (SSSR count). The number of hydrogen-bond acceptors (Lipinski definition) is 1. The van der Waals surface area contributed by atoms with E-state index >= 15 is 0 Å². The van der Waals surface area contributed by atoms with Crippen LogP contribution in [0.15, 0.2) is 0 Å². The molecule has 0 bridgehead atoms. The Bertz CT molecular complexity index is 154. The van der Waals surface area contributed by atoms with Crippen LogP contribution in [0.1, 0.15) is 0 Å². The first kappa shape index (κ1) is 13.0. The van der Waals surface area contributed by atoms with Gasteiger partial charge >= 0.3 is 0 Å². The summed E-state index contributed by atoms with van der Waals surface area (Å²) in [5.74, 6) is 0. The molecule has 0 aromatic rings. The van der Waals surface area contributed by atoms with Crippen LogP contribution >= 0.6 is 0 Å². The van der Waals surface area contributed by atoms with Gasteiger partial charge in [-0.25, -0.2) is 0 Å². The molecule has 1 atom stereocenters. The van der Waals surface area contributed by atoms with E-state index in [2.05, 4.69) is 26.2 Å². The third-order valence-electron chi connectivity index (χ3n) is 2.49. The molecule has 0 aromatic carbocycles. The Morgan fingerprint density at radius 2 is 1.42 bits per heavy atom. The Labute approximate surface area is 87.8 Å². The molecule has 0 aliphatic heterocycles. The molecule has 12 heavy (non-hydrogen) atoms. The van der Waals surface area contributed by atoms with E-state index in [9.17, 15) is 4.80 Å². The van der Waals surface area contributed by atoms with E-state index in [0.29, 0.717) is 3.91 Å². The molecule has 0 spiro atoms. The summed E-state index contributed by atoms with van der Waals surface area (Å²) < 4.78 is 0.549. The highest BCUT2D eigenvalue weighted by Crippen LogP contribution is 2.31. The minimum atomic E-state index is -1.79. The summed E-state index contributed by atoms with van der Waals surface area (Å²) in [6.07, 6.45) is 0. The van der Waals surface area contributed by atoms with Crippen LogP contribution in [0, 0.1) is 0 Å². The lowest BCUT2D eigenvalue weighted by atomic mass is 11.7. The van der Waals surface area contributed by atoms with Crippen LogP contribution in [0.3, 0.4) is 0 Å². The molecule has 0 heterocycles. The van der Waals surface area contributed by atoms with Crippen molar-refractivity contribution in [1.29, 1.82) is 0 Å². The molecule has 6 heteroatoms. The molecule has 0 fully saturated rings. The van der Waals surface area contributed by atoms with Crippen LogP contribution in [-0.2, 0) is 0 Å². The maximum Gasteiger partial charge on any atom is 0.179 e. The molecule has 0 aliphatic carbocycles. The molecule has 0 saturated heterocycles. The summed E-state index contributed by atoms with van der Waals surface area (Å²) >= 11 is 0. The fourth-order valence-electron chi connectivity index (χ4n) is 1.30. The summed E-state index contributed by atoms with van der Waals surface area (Å²) in [6.45, 7) is 9.35. The lowest BCUT2D eigenvalue weighted by Gasteiger charge is -2.38. The SMILES string of the molecule is C[Si](C)(C)C[Si](C)(O)C([SiH3])([SiH3])[SiH3]. The highest BCUT2D eigenvalue weighted by Gasteiger charge is 2.41. The molecule has 0 saturated carbocycles. The van der Waals surface area contributed by atoms with Crippen molar-refractivity contribution in [2.24, 2.45) is 0 Å². The predicted octanol–water partition coefficient (Wildman–Crippen LogP) is -1.86. The second-order valence-corrected chi connectivity index (χ2v) is 33.3. The summed E-state index contributed by atoms with van der Waals surface area (Å²) in [5, 5.41) is 0. The van der Waals surface area contributed by atoms with Crippen LogP contribution in [-0.4, -0.2) is 51.9 Å². The van der Waals surface area contributed by atoms with Crippen molar-refractivity contribution in [3.05, 3.63) is 0 Å². The van der Waals surface area contributed by atoms with E-state index in [1.54, 1.807) is 0 Å². The lowest BCUT2D eigenvalue weighted by molar-refractivity contribution is 0.545. The highest BCUT2D eigenvalue weighted by molar-refractivity contribution is 7.04. The molecule has 0 radical (unpaired) electrons. The van der Waals surface area contributed by atoms with Crippen LogP contribution in [0.5, 0.6) is 0 Å². The summed E-state index contributed by atoms with van der Waals surface area (Å²) in [6, 6.07) is 0. The van der Waals surface area contributed by atoms with Gasteiger partial charge < -0.3 is 4.80 Å². The zero-order valence-electron chi connectivity index (χ0n) is 9.65. The zero-order valence-corrected chi connectivity index (χ0v) is 17.7. The van der Waals surface area contributed by atoms with Crippen molar-refractivity contribution in [1.82, 2.24) is 0 Å². The highest BCUT2D eigenvalue weighted by atomic mass is 28.4. The van der Waals surface area contributed by atoms with Crippen molar-refractivity contribution in [2.45, 2.75) is 35.8 Å². The van der Waals surface area contributed by atoms with Crippen molar-refractivity contribution >= 4 is 47.1 Å². The first-order valence-corrected chi connectivity index (χ1v) is 14.0. The van der Waals surface area contributed by atoms with Gasteiger partial charge in [0.2, 0.25) is 0 Å². The molecule has 1 unspecified atom stereocenters. The van der Waals surface area contributed by atoms with E-state index in [1.807, 2.05) is 0 Å². The normalized spacial score (nSPS) is 23.8. The molecule has 1 nitrogen and oxygen atoms in total. The minimum Gasteiger partial charge on any atom is -0.433 e. The van der Waals surface area contributed by atoms with Gasteiger partial charge in [-0.3, -0.25) is 0 Å². The summed E-state index contributed by atoms with van der Waals surface area (Å²) in [4.78, 5) is 10.5. The Morgan fingerprint density at radius 3 is 1.50 bits per heavy atom. The fraction of sp³-hybridized carbons (Fsp3) is 1.00. The van der Waals surface area contributed by atoms with Crippen LogP contribution < -0.4 is 0 Å². The van der Waals surface area contributed by atoms with Gasteiger partial charge in [-0.05, 0) is 16.1 Å². The minimum absolute atomic E-state index is 0.549. The summed E-state index contributed by atoms with van der Waals surface area (Å²) in [7, 11) is 0.894. The van der Waals surface area contributed by atoms with Gasteiger partial charge in [0.1, 0.15) is 0 Å². The number of hydrogen-bond donors (Lipinski definition) is 1. The van der Waals surface area contributed by atoms with Gasteiger partial charge in [-0.1, -0.05) is 19.6 Å². The molecule has 0 aromatic heterocycles. The molecule has 1 N–H and O–H groups in total. The molecular formula is C6H24OSi5. The van der Waals surface area contributed by atoms with Gasteiger partial charge in [-0.2, -0.15) is 0 Å². The van der Waals surface area contributed by atoms with E-state index < -0.39 is 16.4 Å². The largest absolute Gasteiger partial charge is 0.433 e. The van der Waals surface area contributed by atoms with Crippen molar-refractivity contribution < 1.29 is 4.80 Å².